The Morgan fingerprint density at radius 1 is 1.19 bits per heavy atom. The number of benzene rings is 2. The fourth-order valence-corrected chi connectivity index (χ4v) is 2.83. The van der Waals surface area contributed by atoms with Crippen LogP contribution in [0.5, 0.6) is 0 Å². The molecule has 2 rings (SSSR count). The zero-order chi connectivity index (χ0) is 15.6. The van der Waals surface area contributed by atoms with Crippen LogP contribution in [0.4, 0.5) is 10.1 Å². The standard InChI is InChI=1S/C14H12FNO4S/c1-9-5-6-12(8-13(9)14(17)18)21(19,20)16-11-4-2-3-10(15)7-11/h2-8,16H,1H3,(H,17,18)/p-1. The number of aromatic carboxylic acids is 1. The molecule has 0 saturated heterocycles. The SMILES string of the molecule is Cc1ccc(S(=O)(=O)Nc2cccc(F)c2)cc1C(=O)[O-]. The summed E-state index contributed by atoms with van der Waals surface area (Å²) in [5.74, 6) is -2.05. The molecule has 0 heterocycles. The minimum atomic E-state index is -4.01. The molecule has 0 atom stereocenters. The van der Waals surface area contributed by atoms with Gasteiger partial charge in [-0.1, -0.05) is 12.1 Å². The molecule has 5 nitrogen and oxygen atoms in total. The Kier molecular flexibility index (Phi) is 3.95. The molecule has 7 heteroatoms. The number of halogens is 1. The molecule has 2 aromatic rings. The van der Waals surface area contributed by atoms with Crippen LogP contribution in [0.15, 0.2) is 47.4 Å². The van der Waals surface area contributed by atoms with Gasteiger partial charge in [0.2, 0.25) is 0 Å². The van der Waals surface area contributed by atoms with Crippen molar-refractivity contribution in [3.8, 4) is 0 Å². The lowest BCUT2D eigenvalue weighted by Crippen LogP contribution is -2.24. The third-order valence-corrected chi connectivity index (χ3v) is 4.20. The highest BCUT2D eigenvalue weighted by Gasteiger charge is 2.16. The first kappa shape index (κ1) is 15.0. The molecule has 0 aliphatic heterocycles. The predicted octanol–water partition coefficient (Wildman–Crippen LogP) is 1.30. The maximum absolute atomic E-state index is 13.0. The molecule has 0 radical (unpaired) electrons. The average Bonchev–Trinajstić information content (AvgIpc) is 2.38. The van der Waals surface area contributed by atoms with Crippen molar-refractivity contribution in [1.82, 2.24) is 0 Å². The third kappa shape index (κ3) is 3.38. The van der Waals surface area contributed by atoms with E-state index in [0.717, 1.165) is 12.1 Å². The fraction of sp³-hybridized carbons (Fsp3) is 0.0714. The van der Waals surface area contributed by atoms with Crippen LogP contribution < -0.4 is 9.83 Å². The van der Waals surface area contributed by atoms with E-state index >= 15 is 0 Å². The molecular weight excluding hydrogens is 297 g/mol. The van der Waals surface area contributed by atoms with Crippen LogP contribution in [0, 0.1) is 12.7 Å². The Bertz CT molecular complexity index is 802. The van der Waals surface area contributed by atoms with Gasteiger partial charge >= 0.3 is 0 Å². The van der Waals surface area contributed by atoms with Gasteiger partial charge in [-0.25, -0.2) is 12.8 Å². The van der Waals surface area contributed by atoms with Crippen molar-refractivity contribution >= 4 is 21.7 Å². The Morgan fingerprint density at radius 3 is 2.52 bits per heavy atom. The van der Waals surface area contributed by atoms with Crippen LogP contribution in [-0.4, -0.2) is 14.4 Å². The summed E-state index contributed by atoms with van der Waals surface area (Å²) in [4.78, 5) is 10.7. The summed E-state index contributed by atoms with van der Waals surface area (Å²) in [5, 5.41) is 10.9. The maximum Gasteiger partial charge on any atom is 0.261 e. The second kappa shape index (κ2) is 5.53. The summed E-state index contributed by atoms with van der Waals surface area (Å²) in [6.07, 6.45) is 0. The number of carboxylic acid groups (broad SMARTS) is 1. The number of carboxylic acids is 1. The van der Waals surface area contributed by atoms with E-state index in [-0.39, 0.29) is 16.1 Å². The van der Waals surface area contributed by atoms with Gasteiger partial charge in [-0.15, -0.1) is 0 Å². The minimum Gasteiger partial charge on any atom is -0.545 e. The van der Waals surface area contributed by atoms with E-state index in [0.29, 0.717) is 5.56 Å². The molecule has 1 N–H and O–H groups in total. The van der Waals surface area contributed by atoms with Crippen molar-refractivity contribution in [3.63, 3.8) is 0 Å². The van der Waals surface area contributed by atoms with Gasteiger partial charge in [0.05, 0.1) is 16.6 Å². The van der Waals surface area contributed by atoms with E-state index in [1.54, 1.807) is 0 Å². The molecule has 0 fully saturated rings. The molecule has 0 aromatic heterocycles. The smallest absolute Gasteiger partial charge is 0.261 e. The highest BCUT2D eigenvalue weighted by Crippen LogP contribution is 2.19. The van der Waals surface area contributed by atoms with Crippen LogP contribution in [0.1, 0.15) is 15.9 Å². The molecule has 110 valence electrons. The predicted molar refractivity (Wildman–Crippen MR) is 72.7 cm³/mol. The summed E-state index contributed by atoms with van der Waals surface area (Å²) in [6.45, 7) is 1.53. The number of sulfonamides is 1. The van der Waals surface area contributed by atoms with Crippen molar-refractivity contribution in [2.24, 2.45) is 0 Å². The molecular formula is C14H11FNO4S-. The lowest BCUT2D eigenvalue weighted by atomic mass is 10.1. The Balaban J connectivity index is 2.40. The van der Waals surface area contributed by atoms with Gasteiger partial charge in [-0.2, -0.15) is 0 Å². The van der Waals surface area contributed by atoms with E-state index in [4.69, 9.17) is 0 Å². The Hall–Kier alpha value is -2.41. The van der Waals surface area contributed by atoms with Crippen molar-refractivity contribution in [3.05, 3.63) is 59.4 Å². The summed E-state index contributed by atoms with van der Waals surface area (Å²) in [6, 6.07) is 8.58. The number of nitrogens with one attached hydrogen (secondary N) is 1. The first-order valence-electron chi connectivity index (χ1n) is 5.90. The maximum atomic E-state index is 13.0. The number of anilines is 1. The highest BCUT2D eigenvalue weighted by molar-refractivity contribution is 7.92. The largest absolute Gasteiger partial charge is 0.545 e. The Labute approximate surface area is 121 Å². The van der Waals surface area contributed by atoms with Gasteiger partial charge in [0.15, 0.2) is 0 Å². The van der Waals surface area contributed by atoms with Gasteiger partial charge in [-0.05, 0) is 42.8 Å². The van der Waals surface area contributed by atoms with E-state index in [1.165, 1.54) is 37.3 Å². The Morgan fingerprint density at radius 2 is 1.90 bits per heavy atom. The molecule has 0 unspecified atom stereocenters. The number of rotatable bonds is 4. The first-order chi connectivity index (χ1) is 9.79. The normalized spacial score (nSPS) is 11.1. The average molecular weight is 308 g/mol. The second-order valence-electron chi connectivity index (χ2n) is 4.38. The van der Waals surface area contributed by atoms with Crippen LogP contribution >= 0.6 is 0 Å². The second-order valence-corrected chi connectivity index (χ2v) is 6.06. The number of hydrogen-bond acceptors (Lipinski definition) is 4. The topological polar surface area (TPSA) is 86.3 Å². The van der Waals surface area contributed by atoms with E-state index in [2.05, 4.69) is 4.72 Å². The van der Waals surface area contributed by atoms with Crippen molar-refractivity contribution in [2.45, 2.75) is 11.8 Å². The van der Waals surface area contributed by atoms with Gasteiger partial charge in [0.25, 0.3) is 10.0 Å². The summed E-state index contributed by atoms with van der Waals surface area (Å²) in [5.41, 5.74) is 0.224. The monoisotopic (exact) mass is 308 g/mol. The van der Waals surface area contributed by atoms with Crippen LogP contribution in [-0.2, 0) is 10.0 Å². The lowest BCUT2D eigenvalue weighted by Gasteiger charge is -2.12. The van der Waals surface area contributed by atoms with Crippen LogP contribution in [0.25, 0.3) is 0 Å². The summed E-state index contributed by atoms with van der Waals surface area (Å²) in [7, 11) is -4.01. The highest BCUT2D eigenvalue weighted by atomic mass is 32.2. The quantitative estimate of drug-likeness (QED) is 0.922. The van der Waals surface area contributed by atoms with Gasteiger partial charge < -0.3 is 9.90 Å². The lowest BCUT2D eigenvalue weighted by molar-refractivity contribution is -0.255. The number of hydrogen-bond donors (Lipinski definition) is 1. The van der Waals surface area contributed by atoms with Gasteiger partial charge in [0, 0.05) is 5.56 Å². The van der Waals surface area contributed by atoms with E-state index < -0.39 is 21.8 Å². The summed E-state index contributed by atoms with van der Waals surface area (Å²) >= 11 is 0. The first-order valence-corrected chi connectivity index (χ1v) is 7.38. The summed E-state index contributed by atoms with van der Waals surface area (Å²) < 4.78 is 39.5. The molecule has 0 spiro atoms. The third-order valence-electron chi connectivity index (χ3n) is 2.82. The van der Waals surface area contributed by atoms with Crippen molar-refractivity contribution < 1.29 is 22.7 Å². The molecule has 0 aliphatic carbocycles. The molecule has 21 heavy (non-hydrogen) atoms. The molecule has 2 aromatic carbocycles. The molecule has 0 aliphatic rings. The number of aryl methyl sites for hydroxylation is 1. The molecule has 0 bridgehead atoms. The number of carbonyl (C=O) groups is 1. The van der Waals surface area contributed by atoms with Crippen molar-refractivity contribution in [1.29, 1.82) is 0 Å². The van der Waals surface area contributed by atoms with Gasteiger partial charge in [0.1, 0.15) is 5.82 Å². The van der Waals surface area contributed by atoms with E-state index in [9.17, 15) is 22.7 Å². The van der Waals surface area contributed by atoms with Gasteiger partial charge in [-0.3, -0.25) is 4.72 Å². The molecule has 0 saturated carbocycles. The van der Waals surface area contributed by atoms with Crippen molar-refractivity contribution in [2.75, 3.05) is 4.72 Å². The molecule has 0 amide bonds. The minimum absolute atomic E-state index is 0.0468. The van der Waals surface area contributed by atoms with Crippen LogP contribution in [0.3, 0.4) is 0 Å². The fourth-order valence-electron chi connectivity index (χ4n) is 1.75. The van der Waals surface area contributed by atoms with E-state index in [1.807, 2.05) is 0 Å². The zero-order valence-corrected chi connectivity index (χ0v) is 11.8. The number of carbonyl (C=O) groups excluding carboxylic acids is 1. The zero-order valence-electron chi connectivity index (χ0n) is 11.0. The van der Waals surface area contributed by atoms with Crippen LogP contribution in [0.2, 0.25) is 0 Å².